The van der Waals surface area contributed by atoms with Crippen molar-refractivity contribution in [3.8, 4) is 0 Å². The first kappa shape index (κ1) is 12.5. The standard InChI is InChI=1S/C12H24N2O/c1-8(2)11(13)12(15)14-10-7-5-4-6-9(10)3/h8-11H,4-7,13H2,1-3H3,(H,14,15)/t9?,10?,11-/m1/s1. The lowest BCUT2D eigenvalue weighted by molar-refractivity contribution is -0.124. The SMILES string of the molecule is CC1CCCCC1NC(=O)[C@H](N)C(C)C. The Morgan fingerprint density at radius 1 is 1.33 bits per heavy atom. The quantitative estimate of drug-likeness (QED) is 0.747. The number of carbonyl (C=O) groups is 1. The zero-order chi connectivity index (χ0) is 11.4. The summed E-state index contributed by atoms with van der Waals surface area (Å²) in [5, 5.41) is 3.09. The Bertz CT molecular complexity index is 216. The number of carbonyl (C=O) groups excluding carboxylic acids is 1. The van der Waals surface area contributed by atoms with Crippen molar-refractivity contribution in [2.24, 2.45) is 17.6 Å². The van der Waals surface area contributed by atoms with Crippen LogP contribution in [0.1, 0.15) is 46.5 Å². The predicted octanol–water partition coefficient (Wildman–Crippen LogP) is 1.66. The Balaban J connectivity index is 2.42. The topological polar surface area (TPSA) is 55.1 Å². The number of nitrogens with one attached hydrogen (secondary N) is 1. The van der Waals surface area contributed by atoms with Gasteiger partial charge in [0, 0.05) is 6.04 Å². The summed E-state index contributed by atoms with van der Waals surface area (Å²) >= 11 is 0. The minimum atomic E-state index is -0.362. The van der Waals surface area contributed by atoms with Crippen molar-refractivity contribution in [3.63, 3.8) is 0 Å². The van der Waals surface area contributed by atoms with Crippen LogP contribution in [0.4, 0.5) is 0 Å². The average molecular weight is 212 g/mol. The molecule has 1 saturated carbocycles. The van der Waals surface area contributed by atoms with Gasteiger partial charge in [-0.15, -0.1) is 0 Å². The number of hydrogen-bond donors (Lipinski definition) is 2. The highest BCUT2D eigenvalue weighted by molar-refractivity contribution is 5.82. The largest absolute Gasteiger partial charge is 0.352 e. The van der Waals surface area contributed by atoms with Crippen LogP contribution in [-0.2, 0) is 4.79 Å². The third-order valence-corrected chi connectivity index (χ3v) is 3.46. The molecule has 0 bridgehead atoms. The number of rotatable bonds is 3. The molecule has 1 amide bonds. The molecule has 0 aromatic carbocycles. The van der Waals surface area contributed by atoms with E-state index in [4.69, 9.17) is 5.73 Å². The molecule has 3 atom stereocenters. The molecule has 15 heavy (non-hydrogen) atoms. The summed E-state index contributed by atoms with van der Waals surface area (Å²) in [7, 11) is 0. The maximum Gasteiger partial charge on any atom is 0.237 e. The Morgan fingerprint density at radius 2 is 1.93 bits per heavy atom. The molecule has 1 rings (SSSR count). The molecule has 3 nitrogen and oxygen atoms in total. The molecule has 0 aromatic heterocycles. The first-order valence-corrected chi connectivity index (χ1v) is 6.08. The second kappa shape index (κ2) is 5.50. The number of amides is 1. The van der Waals surface area contributed by atoms with Crippen LogP contribution in [0.25, 0.3) is 0 Å². The Morgan fingerprint density at radius 3 is 2.47 bits per heavy atom. The van der Waals surface area contributed by atoms with Gasteiger partial charge in [-0.05, 0) is 24.7 Å². The summed E-state index contributed by atoms with van der Waals surface area (Å²) in [6, 6.07) is -0.0184. The maximum atomic E-state index is 11.8. The fraction of sp³-hybridized carbons (Fsp3) is 0.917. The van der Waals surface area contributed by atoms with Gasteiger partial charge in [-0.1, -0.05) is 33.6 Å². The fourth-order valence-corrected chi connectivity index (χ4v) is 2.11. The van der Waals surface area contributed by atoms with Crippen LogP contribution in [0.3, 0.4) is 0 Å². The molecule has 0 aliphatic heterocycles. The lowest BCUT2D eigenvalue weighted by Gasteiger charge is -2.30. The second-order valence-electron chi connectivity index (χ2n) is 5.15. The van der Waals surface area contributed by atoms with Crippen molar-refractivity contribution in [2.75, 3.05) is 0 Å². The van der Waals surface area contributed by atoms with Crippen molar-refractivity contribution < 1.29 is 4.79 Å². The Labute approximate surface area is 92.8 Å². The fourth-order valence-electron chi connectivity index (χ4n) is 2.11. The summed E-state index contributed by atoms with van der Waals surface area (Å²) in [6.45, 7) is 6.17. The number of nitrogens with two attached hydrogens (primary N) is 1. The highest BCUT2D eigenvalue weighted by atomic mass is 16.2. The van der Waals surface area contributed by atoms with E-state index >= 15 is 0 Å². The van der Waals surface area contributed by atoms with E-state index in [1.807, 2.05) is 13.8 Å². The molecule has 0 aromatic rings. The van der Waals surface area contributed by atoms with E-state index in [2.05, 4.69) is 12.2 Å². The summed E-state index contributed by atoms with van der Waals surface area (Å²) in [4.78, 5) is 11.8. The summed E-state index contributed by atoms with van der Waals surface area (Å²) < 4.78 is 0. The van der Waals surface area contributed by atoms with Crippen LogP contribution in [0.15, 0.2) is 0 Å². The van der Waals surface area contributed by atoms with Crippen molar-refractivity contribution in [1.29, 1.82) is 0 Å². The molecular formula is C12H24N2O. The number of hydrogen-bond acceptors (Lipinski definition) is 2. The molecule has 2 unspecified atom stereocenters. The highest BCUT2D eigenvalue weighted by Crippen LogP contribution is 2.23. The predicted molar refractivity (Wildman–Crippen MR) is 62.4 cm³/mol. The third-order valence-electron chi connectivity index (χ3n) is 3.46. The van der Waals surface area contributed by atoms with E-state index in [1.165, 1.54) is 19.3 Å². The zero-order valence-corrected chi connectivity index (χ0v) is 10.1. The van der Waals surface area contributed by atoms with Crippen molar-refractivity contribution >= 4 is 5.91 Å². The minimum absolute atomic E-state index is 0.0174. The maximum absolute atomic E-state index is 11.8. The molecule has 88 valence electrons. The molecule has 0 heterocycles. The molecule has 3 N–H and O–H groups in total. The van der Waals surface area contributed by atoms with Crippen LogP contribution in [0.5, 0.6) is 0 Å². The lowest BCUT2D eigenvalue weighted by atomic mass is 9.85. The van der Waals surface area contributed by atoms with Gasteiger partial charge in [0.2, 0.25) is 5.91 Å². The van der Waals surface area contributed by atoms with E-state index in [0.717, 1.165) is 6.42 Å². The van der Waals surface area contributed by atoms with Gasteiger partial charge < -0.3 is 11.1 Å². The van der Waals surface area contributed by atoms with Crippen molar-refractivity contribution in [2.45, 2.75) is 58.5 Å². The lowest BCUT2D eigenvalue weighted by Crippen LogP contribution is -2.50. The van der Waals surface area contributed by atoms with E-state index in [0.29, 0.717) is 12.0 Å². The summed E-state index contributed by atoms with van der Waals surface area (Å²) in [6.07, 6.45) is 4.86. The third kappa shape index (κ3) is 3.49. The van der Waals surface area contributed by atoms with Gasteiger partial charge in [0.15, 0.2) is 0 Å². The Hall–Kier alpha value is -0.570. The van der Waals surface area contributed by atoms with Gasteiger partial charge >= 0.3 is 0 Å². The van der Waals surface area contributed by atoms with E-state index in [1.54, 1.807) is 0 Å². The van der Waals surface area contributed by atoms with Gasteiger partial charge in [0.1, 0.15) is 0 Å². The molecule has 1 aliphatic rings. The first-order chi connectivity index (χ1) is 7.02. The van der Waals surface area contributed by atoms with Crippen molar-refractivity contribution in [3.05, 3.63) is 0 Å². The molecule has 1 fully saturated rings. The smallest absolute Gasteiger partial charge is 0.237 e. The van der Waals surface area contributed by atoms with Crippen molar-refractivity contribution in [1.82, 2.24) is 5.32 Å². The summed E-state index contributed by atoms with van der Waals surface area (Å²) in [5.74, 6) is 0.828. The van der Waals surface area contributed by atoms with Crippen LogP contribution >= 0.6 is 0 Å². The normalized spacial score (nSPS) is 28.9. The zero-order valence-electron chi connectivity index (χ0n) is 10.1. The van der Waals surface area contributed by atoms with Crippen LogP contribution < -0.4 is 11.1 Å². The molecule has 0 radical (unpaired) electrons. The van der Waals surface area contributed by atoms with Gasteiger partial charge in [0.25, 0.3) is 0 Å². The molecule has 3 heteroatoms. The molecule has 0 spiro atoms. The second-order valence-corrected chi connectivity index (χ2v) is 5.15. The van der Waals surface area contributed by atoms with Gasteiger partial charge in [-0.3, -0.25) is 4.79 Å². The molecular weight excluding hydrogens is 188 g/mol. The van der Waals surface area contributed by atoms with E-state index < -0.39 is 0 Å². The molecule has 1 aliphatic carbocycles. The minimum Gasteiger partial charge on any atom is -0.352 e. The van der Waals surface area contributed by atoms with Crippen LogP contribution in [0, 0.1) is 11.8 Å². The van der Waals surface area contributed by atoms with Gasteiger partial charge in [-0.2, -0.15) is 0 Å². The van der Waals surface area contributed by atoms with Crippen LogP contribution in [-0.4, -0.2) is 18.0 Å². The van der Waals surface area contributed by atoms with Gasteiger partial charge in [0.05, 0.1) is 6.04 Å². The summed E-state index contributed by atoms with van der Waals surface area (Å²) in [5.41, 5.74) is 5.81. The highest BCUT2D eigenvalue weighted by Gasteiger charge is 2.25. The van der Waals surface area contributed by atoms with Gasteiger partial charge in [-0.25, -0.2) is 0 Å². The van der Waals surface area contributed by atoms with Crippen LogP contribution in [0.2, 0.25) is 0 Å². The first-order valence-electron chi connectivity index (χ1n) is 6.08. The molecule has 0 saturated heterocycles. The monoisotopic (exact) mass is 212 g/mol. The van der Waals surface area contributed by atoms with E-state index in [-0.39, 0.29) is 17.9 Å². The Kier molecular flexibility index (Phi) is 4.58. The average Bonchev–Trinajstić information content (AvgIpc) is 2.20. The van der Waals surface area contributed by atoms with E-state index in [9.17, 15) is 4.79 Å².